The fraction of sp³-hybridized carbons (Fsp3) is 0.850. The van der Waals surface area contributed by atoms with Gasteiger partial charge in [-0.05, 0) is 53.9 Å². The molecule has 0 aromatic heterocycles. The van der Waals surface area contributed by atoms with Gasteiger partial charge in [-0.15, -0.1) is 0 Å². The van der Waals surface area contributed by atoms with Crippen molar-refractivity contribution in [3.63, 3.8) is 0 Å². The van der Waals surface area contributed by atoms with Crippen molar-refractivity contribution in [2.75, 3.05) is 13.1 Å². The van der Waals surface area contributed by atoms with E-state index in [9.17, 15) is 19.5 Å². The zero-order valence-electron chi connectivity index (χ0n) is 19.0. The maximum atomic E-state index is 12.3. The quantitative estimate of drug-likeness (QED) is 0.471. The molecule has 2 N–H and O–H groups in total. The third-order valence-electron chi connectivity index (χ3n) is 3.57. The van der Waals surface area contributed by atoms with Crippen LogP contribution in [0.5, 0.6) is 0 Å². The summed E-state index contributed by atoms with van der Waals surface area (Å²) < 4.78 is 10.7. The fourth-order valence-corrected chi connectivity index (χ4v) is 2.45. The van der Waals surface area contributed by atoms with Crippen LogP contribution < -0.4 is 5.32 Å². The minimum atomic E-state index is -1.01. The van der Waals surface area contributed by atoms with E-state index in [1.807, 2.05) is 0 Å². The summed E-state index contributed by atoms with van der Waals surface area (Å²) in [6.45, 7) is 17.3. The number of nitrogens with one attached hydrogen (secondary N) is 1. The van der Waals surface area contributed by atoms with Crippen LogP contribution in [0, 0.1) is 5.41 Å². The van der Waals surface area contributed by atoms with Crippen molar-refractivity contribution in [3.8, 4) is 0 Å². The third-order valence-corrected chi connectivity index (χ3v) is 3.57. The summed E-state index contributed by atoms with van der Waals surface area (Å²) in [5, 5.41) is 12.5. The zero-order chi connectivity index (χ0) is 22.5. The summed E-state index contributed by atoms with van der Waals surface area (Å²) >= 11 is 0. The average Bonchev–Trinajstić information content (AvgIpc) is 2.37. The van der Waals surface area contributed by atoms with Crippen molar-refractivity contribution in [3.05, 3.63) is 0 Å². The lowest BCUT2D eigenvalue weighted by Gasteiger charge is -2.36. The van der Waals surface area contributed by atoms with Crippen LogP contribution in [0.2, 0.25) is 0 Å². The summed E-state index contributed by atoms with van der Waals surface area (Å²) in [6, 6.07) is -0.873. The highest BCUT2D eigenvalue weighted by atomic mass is 16.6. The molecule has 2 atom stereocenters. The third kappa shape index (κ3) is 11.2. The van der Waals surface area contributed by atoms with Crippen LogP contribution in [0.25, 0.3) is 0 Å². The van der Waals surface area contributed by atoms with Crippen LogP contribution in [0.4, 0.5) is 0 Å². The second-order valence-corrected chi connectivity index (χ2v) is 10.1. The molecular weight excluding hydrogens is 364 g/mol. The molecule has 0 heterocycles. The van der Waals surface area contributed by atoms with E-state index in [1.165, 1.54) is 4.90 Å². The monoisotopic (exact) mass is 402 g/mol. The number of aliphatic carboxylic acids is 1. The molecule has 0 aromatic rings. The first-order valence-electron chi connectivity index (χ1n) is 9.48. The van der Waals surface area contributed by atoms with Gasteiger partial charge in [0.05, 0.1) is 19.3 Å². The first-order valence-corrected chi connectivity index (χ1v) is 9.48. The molecule has 0 fully saturated rings. The molecule has 164 valence electrons. The fourth-order valence-electron chi connectivity index (χ4n) is 2.45. The Labute approximate surface area is 168 Å². The van der Waals surface area contributed by atoms with Crippen LogP contribution in [-0.2, 0) is 23.9 Å². The zero-order valence-corrected chi connectivity index (χ0v) is 19.0. The minimum absolute atomic E-state index is 0.179. The van der Waals surface area contributed by atoms with Gasteiger partial charge in [0.1, 0.15) is 17.2 Å². The highest BCUT2D eigenvalue weighted by Gasteiger charge is 2.34. The molecule has 8 nitrogen and oxygen atoms in total. The van der Waals surface area contributed by atoms with E-state index in [2.05, 4.69) is 5.32 Å². The first-order chi connectivity index (χ1) is 12.3. The molecule has 0 spiro atoms. The summed E-state index contributed by atoms with van der Waals surface area (Å²) in [7, 11) is 0. The molecule has 0 saturated carbocycles. The van der Waals surface area contributed by atoms with E-state index < -0.39 is 46.7 Å². The highest BCUT2D eigenvalue weighted by Crippen LogP contribution is 2.20. The molecule has 0 aliphatic rings. The molecule has 0 aromatic carbocycles. The van der Waals surface area contributed by atoms with Crippen LogP contribution in [0.15, 0.2) is 0 Å². The lowest BCUT2D eigenvalue weighted by Crippen LogP contribution is -2.57. The molecule has 0 amide bonds. The van der Waals surface area contributed by atoms with Gasteiger partial charge in [0.2, 0.25) is 0 Å². The maximum Gasteiger partial charge on any atom is 0.321 e. The van der Waals surface area contributed by atoms with Gasteiger partial charge in [-0.25, -0.2) is 0 Å². The van der Waals surface area contributed by atoms with Gasteiger partial charge >= 0.3 is 17.9 Å². The van der Waals surface area contributed by atoms with Crippen molar-refractivity contribution >= 4 is 17.9 Å². The second kappa shape index (κ2) is 9.69. The van der Waals surface area contributed by atoms with E-state index in [0.29, 0.717) is 0 Å². The number of carboxylic acid groups (broad SMARTS) is 1. The Bertz CT molecular complexity index is 525. The molecule has 0 aliphatic heterocycles. The summed E-state index contributed by atoms with van der Waals surface area (Å²) in [4.78, 5) is 37.8. The lowest BCUT2D eigenvalue weighted by molar-refractivity contribution is -0.161. The number of nitrogens with zero attached hydrogens (tertiary/aromatic N) is 1. The van der Waals surface area contributed by atoms with Crippen molar-refractivity contribution in [2.45, 2.75) is 92.6 Å². The molecule has 0 saturated heterocycles. The SMILES string of the molecule is CC(NC(C(=O)O)C(C)(C)C)N(CC(=O)OC(C)(C)C)CC(=O)OC(C)(C)C. The van der Waals surface area contributed by atoms with E-state index in [4.69, 9.17) is 9.47 Å². The van der Waals surface area contributed by atoms with Gasteiger partial charge in [0.15, 0.2) is 0 Å². The number of carboxylic acids is 1. The number of esters is 2. The number of hydrogen-bond donors (Lipinski definition) is 2. The van der Waals surface area contributed by atoms with Crippen molar-refractivity contribution < 1.29 is 29.0 Å². The Morgan fingerprint density at radius 1 is 0.857 bits per heavy atom. The number of carbonyl (C=O) groups is 3. The summed E-state index contributed by atoms with van der Waals surface area (Å²) in [5.41, 5.74) is -1.90. The van der Waals surface area contributed by atoms with Gasteiger partial charge in [-0.2, -0.15) is 0 Å². The summed E-state index contributed by atoms with van der Waals surface area (Å²) in [6.07, 6.45) is -0.583. The van der Waals surface area contributed by atoms with Crippen LogP contribution in [-0.4, -0.2) is 64.4 Å². The smallest absolute Gasteiger partial charge is 0.321 e. The van der Waals surface area contributed by atoms with Crippen LogP contribution >= 0.6 is 0 Å². The van der Waals surface area contributed by atoms with E-state index >= 15 is 0 Å². The van der Waals surface area contributed by atoms with Crippen LogP contribution in [0.3, 0.4) is 0 Å². The van der Waals surface area contributed by atoms with Gasteiger partial charge in [0, 0.05) is 0 Å². The predicted octanol–water partition coefficient (Wildman–Crippen LogP) is 2.41. The molecule has 0 aliphatic carbocycles. The Hall–Kier alpha value is -1.67. The lowest BCUT2D eigenvalue weighted by atomic mass is 9.86. The van der Waals surface area contributed by atoms with Gasteiger partial charge < -0.3 is 14.6 Å². The maximum absolute atomic E-state index is 12.3. The number of hydrogen-bond acceptors (Lipinski definition) is 7. The second-order valence-electron chi connectivity index (χ2n) is 10.1. The van der Waals surface area contributed by atoms with E-state index in [0.717, 1.165) is 0 Å². The number of carbonyl (C=O) groups excluding carboxylic acids is 2. The molecule has 28 heavy (non-hydrogen) atoms. The van der Waals surface area contributed by atoms with Crippen molar-refractivity contribution in [2.24, 2.45) is 5.41 Å². The largest absolute Gasteiger partial charge is 0.480 e. The Kier molecular flexibility index (Phi) is 9.12. The normalized spacial score (nSPS) is 15.1. The van der Waals surface area contributed by atoms with Crippen LogP contribution in [0.1, 0.15) is 69.2 Å². The number of rotatable bonds is 8. The van der Waals surface area contributed by atoms with E-state index in [-0.39, 0.29) is 13.1 Å². The molecule has 0 radical (unpaired) electrons. The Morgan fingerprint density at radius 3 is 1.46 bits per heavy atom. The Morgan fingerprint density at radius 2 is 1.21 bits per heavy atom. The Balaban J connectivity index is 5.41. The standard InChI is InChI=1S/C20H38N2O6/c1-13(21-16(17(25)26)18(2,3)4)22(11-14(23)27-19(5,6)7)12-15(24)28-20(8,9)10/h13,16,21H,11-12H2,1-10H3,(H,25,26). The molecule has 8 heteroatoms. The van der Waals surface area contributed by atoms with Crippen molar-refractivity contribution in [1.82, 2.24) is 10.2 Å². The number of ether oxygens (including phenoxy) is 2. The highest BCUT2D eigenvalue weighted by molar-refractivity contribution is 5.76. The van der Waals surface area contributed by atoms with E-state index in [1.54, 1.807) is 69.2 Å². The topological polar surface area (TPSA) is 105 Å². The predicted molar refractivity (Wildman–Crippen MR) is 107 cm³/mol. The molecule has 0 rings (SSSR count). The van der Waals surface area contributed by atoms with Gasteiger partial charge in [-0.1, -0.05) is 20.8 Å². The summed E-state index contributed by atoms with van der Waals surface area (Å²) in [5.74, 6) is -2.02. The first kappa shape index (κ1) is 26.3. The average molecular weight is 403 g/mol. The van der Waals surface area contributed by atoms with Gasteiger partial charge in [0.25, 0.3) is 0 Å². The molecule has 2 unspecified atom stereocenters. The molecular formula is C20H38N2O6. The minimum Gasteiger partial charge on any atom is -0.480 e. The van der Waals surface area contributed by atoms with Gasteiger partial charge in [-0.3, -0.25) is 24.6 Å². The molecule has 0 bridgehead atoms. The van der Waals surface area contributed by atoms with Crippen molar-refractivity contribution in [1.29, 1.82) is 0 Å².